The molecule has 4 aromatic rings. The zero-order valence-electron chi connectivity index (χ0n) is 26.4. The molecule has 3 heterocycles. The fraction of sp³-hybridized carbons (Fsp3) is 0.286. The number of thiophene rings is 1. The van der Waals surface area contributed by atoms with E-state index in [0.29, 0.717) is 11.1 Å². The standard InChI is InChI=1S/C31H32N2O3S.2C2H2O4/c34-26-11-12-27-28(19-26)37-31(25-9-5-23(6-10-25)21-33-15-17-36-18-16-33)29(27)30(35)24-7-3-22(4-8-24)20-32-13-1-2-14-32;2*3-1(4)2(5)6/h3-12,19,34H,1-2,13-18,20-21H2;2*(H,3,4)(H,5,6). The summed E-state index contributed by atoms with van der Waals surface area (Å²) in [6.45, 7) is 7.64. The van der Waals surface area contributed by atoms with Crippen molar-refractivity contribution in [1.29, 1.82) is 0 Å². The summed E-state index contributed by atoms with van der Waals surface area (Å²) in [7, 11) is 0. The Morgan fingerprint density at radius 2 is 1.14 bits per heavy atom. The van der Waals surface area contributed by atoms with E-state index in [2.05, 4.69) is 46.2 Å². The summed E-state index contributed by atoms with van der Waals surface area (Å²) in [5.41, 5.74) is 4.94. The summed E-state index contributed by atoms with van der Waals surface area (Å²) in [5.74, 6) is -7.06. The van der Waals surface area contributed by atoms with Gasteiger partial charge in [-0.15, -0.1) is 11.3 Å². The van der Waals surface area contributed by atoms with Crippen LogP contribution in [0.2, 0.25) is 0 Å². The van der Waals surface area contributed by atoms with Crippen LogP contribution in [0.4, 0.5) is 0 Å². The summed E-state index contributed by atoms with van der Waals surface area (Å²) < 4.78 is 6.39. The highest BCUT2D eigenvalue weighted by Crippen LogP contribution is 2.41. The summed E-state index contributed by atoms with van der Waals surface area (Å²) in [6, 6.07) is 22.0. The van der Waals surface area contributed by atoms with Crippen molar-refractivity contribution in [2.75, 3.05) is 39.4 Å². The van der Waals surface area contributed by atoms with Crippen LogP contribution in [0.5, 0.6) is 5.75 Å². The fourth-order valence-electron chi connectivity index (χ4n) is 5.40. The number of rotatable bonds is 7. The molecule has 2 aliphatic rings. The Bertz CT molecular complexity index is 1740. The van der Waals surface area contributed by atoms with Crippen LogP contribution in [0.25, 0.3) is 20.5 Å². The topological polar surface area (TPSA) is 202 Å². The molecule has 6 rings (SSSR count). The molecule has 0 bridgehead atoms. The second kappa shape index (κ2) is 17.3. The van der Waals surface area contributed by atoms with E-state index in [-0.39, 0.29) is 11.5 Å². The van der Waals surface area contributed by atoms with E-state index in [4.69, 9.17) is 44.3 Å². The lowest BCUT2D eigenvalue weighted by Gasteiger charge is -2.26. The number of hydrogen-bond donors (Lipinski definition) is 5. The predicted molar refractivity (Wildman–Crippen MR) is 180 cm³/mol. The van der Waals surface area contributed by atoms with Gasteiger partial charge in [-0.2, -0.15) is 0 Å². The number of ether oxygens (including phenoxy) is 1. The number of benzene rings is 3. The lowest BCUT2D eigenvalue weighted by atomic mass is 9.96. The molecule has 0 amide bonds. The van der Waals surface area contributed by atoms with Crippen molar-refractivity contribution in [3.63, 3.8) is 0 Å². The number of carboxylic acids is 4. The average Bonchev–Trinajstić information content (AvgIpc) is 3.74. The summed E-state index contributed by atoms with van der Waals surface area (Å²) in [4.78, 5) is 56.1. The quantitative estimate of drug-likeness (QED) is 0.136. The molecule has 258 valence electrons. The zero-order chi connectivity index (χ0) is 35.5. The van der Waals surface area contributed by atoms with E-state index in [1.165, 1.54) is 24.0 Å². The number of aliphatic carboxylic acids is 4. The zero-order valence-corrected chi connectivity index (χ0v) is 27.2. The Balaban J connectivity index is 0.000000388. The highest BCUT2D eigenvalue weighted by Gasteiger charge is 2.22. The maximum Gasteiger partial charge on any atom is 0.414 e. The third kappa shape index (κ3) is 10.4. The summed E-state index contributed by atoms with van der Waals surface area (Å²) >= 11 is 1.57. The van der Waals surface area contributed by atoms with E-state index in [9.17, 15) is 9.90 Å². The van der Waals surface area contributed by atoms with Gasteiger partial charge in [0.25, 0.3) is 0 Å². The molecular formula is C35H36N2O11S. The van der Waals surface area contributed by atoms with Crippen LogP contribution < -0.4 is 0 Å². The van der Waals surface area contributed by atoms with Gasteiger partial charge in [0.1, 0.15) is 5.75 Å². The predicted octanol–water partition coefficient (Wildman–Crippen LogP) is 4.24. The van der Waals surface area contributed by atoms with Gasteiger partial charge in [-0.05, 0) is 60.8 Å². The van der Waals surface area contributed by atoms with Crippen molar-refractivity contribution in [2.24, 2.45) is 0 Å². The van der Waals surface area contributed by atoms with E-state index >= 15 is 0 Å². The Labute approximate surface area is 285 Å². The van der Waals surface area contributed by atoms with Crippen LogP contribution in [0.1, 0.15) is 39.9 Å². The fourth-order valence-corrected chi connectivity index (χ4v) is 6.64. The SMILES string of the molecule is O=C(O)C(=O)O.O=C(O)C(=O)O.O=C(c1ccc(CN2CCCC2)cc1)c1c(-c2ccc(CN3CCOCC3)cc2)sc2cc(O)ccc12. The van der Waals surface area contributed by atoms with Crippen LogP contribution in [0, 0.1) is 0 Å². The van der Waals surface area contributed by atoms with E-state index in [1.807, 2.05) is 18.2 Å². The number of fused-ring (bicyclic) bond motifs is 1. The van der Waals surface area contributed by atoms with Gasteiger partial charge >= 0.3 is 23.9 Å². The molecule has 1 aromatic heterocycles. The van der Waals surface area contributed by atoms with Crippen molar-refractivity contribution in [3.8, 4) is 16.2 Å². The van der Waals surface area contributed by atoms with Crippen molar-refractivity contribution in [2.45, 2.75) is 25.9 Å². The van der Waals surface area contributed by atoms with Crippen molar-refractivity contribution < 1.29 is 54.2 Å². The molecule has 2 saturated heterocycles. The minimum absolute atomic E-state index is 0.0251. The van der Waals surface area contributed by atoms with Crippen LogP contribution in [0.15, 0.2) is 66.7 Å². The van der Waals surface area contributed by atoms with E-state index in [1.54, 1.807) is 23.5 Å². The number of hydrogen-bond acceptors (Lipinski definition) is 10. The molecule has 13 nitrogen and oxygen atoms in total. The maximum absolute atomic E-state index is 13.9. The minimum atomic E-state index is -1.82. The molecule has 5 N–H and O–H groups in total. The maximum atomic E-state index is 13.9. The van der Waals surface area contributed by atoms with Gasteiger partial charge in [-0.3, -0.25) is 14.6 Å². The number of carboxylic acid groups (broad SMARTS) is 4. The number of aromatic hydroxyl groups is 1. The van der Waals surface area contributed by atoms with Gasteiger partial charge in [0.2, 0.25) is 0 Å². The minimum Gasteiger partial charge on any atom is -0.508 e. The third-order valence-electron chi connectivity index (χ3n) is 7.81. The first-order valence-corrected chi connectivity index (χ1v) is 16.2. The first kappa shape index (κ1) is 36.7. The molecule has 0 atom stereocenters. The lowest BCUT2D eigenvalue weighted by Crippen LogP contribution is -2.35. The van der Waals surface area contributed by atoms with E-state index in [0.717, 1.165) is 73.0 Å². The molecule has 14 heteroatoms. The second-order valence-corrected chi connectivity index (χ2v) is 12.4. The first-order chi connectivity index (χ1) is 23.4. The largest absolute Gasteiger partial charge is 0.508 e. The smallest absolute Gasteiger partial charge is 0.414 e. The molecule has 49 heavy (non-hydrogen) atoms. The van der Waals surface area contributed by atoms with Gasteiger partial charge in [-0.1, -0.05) is 48.5 Å². The molecular weight excluding hydrogens is 656 g/mol. The third-order valence-corrected chi connectivity index (χ3v) is 9.02. The van der Waals surface area contributed by atoms with Gasteiger partial charge in [0, 0.05) is 52.3 Å². The first-order valence-electron chi connectivity index (χ1n) is 15.4. The van der Waals surface area contributed by atoms with Crippen LogP contribution in [-0.2, 0) is 37.0 Å². The number of carbonyl (C=O) groups excluding carboxylic acids is 1. The van der Waals surface area contributed by atoms with Crippen molar-refractivity contribution in [3.05, 3.63) is 89.0 Å². The summed E-state index contributed by atoms with van der Waals surface area (Å²) in [5, 5.41) is 40.6. The van der Waals surface area contributed by atoms with Gasteiger partial charge in [-0.25, -0.2) is 19.2 Å². The van der Waals surface area contributed by atoms with Crippen LogP contribution in [-0.4, -0.2) is 104 Å². The van der Waals surface area contributed by atoms with Gasteiger partial charge in [0.05, 0.1) is 13.2 Å². The summed E-state index contributed by atoms with van der Waals surface area (Å²) in [6.07, 6.45) is 2.54. The van der Waals surface area contributed by atoms with Crippen LogP contribution >= 0.6 is 11.3 Å². The number of ketones is 1. The average molecular weight is 693 g/mol. The van der Waals surface area contributed by atoms with Gasteiger partial charge in [0.15, 0.2) is 5.78 Å². The Morgan fingerprint density at radius 3 is 1.65 bits per heavy atom. The molecule has 3 aromatic carbocycles. The molecule has 2 fully saturated rings. The normalized spacial score (nSPS) is 14.6. The Hall–Kier alpha value is -5.15. The van der Waals surface area contributed by atoms with Crippen molar-refractivity contribution in [1.82, 2.24) is 9.80 Å². The molecule has 0 saturated carbocycles. The molecule has 0 aliphatic carbocycles. The molecule has 0 unspecified atom stereocenters. The van der Waals surface area contributed by atoms with Gasteiger partial charge < -0.3 is 30.3 Å². The lowest BCUT2D eigenvalue weighted by molar-refractivity contribution is -0.159. The highest BCUT2D eigenvalue weighted by molar-refractivity contribution is 7.22. The van der Waals surface area contributed by atoms with E-state index < -0.39 is 23.9 Å². The number of carbonyl (C=O) groups is 5. The number of likely N-dealkylation sites (tertiary alicyclic amines) is 1. The van der Waals surface area contributed by atoms with Crippen LogP contribution in [0.3, 0.4) is 0 Å². The Morgan fingerprint density at radius 1 is 0.653 bits per heavy atom. The number of morpholine rings is 1. The second-order valence-electron chi connectivity index (χ2n) is 11.3. The number of phenols is 1. The molecule has 2 aliphatic heterocycles. The monoisotopic (exact) mass is 692 g/mol. The molecule has 0 radical (unpaired) electrons. The highest BCUT2D eigenvalue weighted by atomic mass is 32.1. The number of phenolic OH excluding ortho intramolecular Hbond substituents is 1. The molecule has 0 spiro atoms. The number of nitrogens with zero attached hydrogens (tertiary/aromatic N) is 2. The Kier molecular flexibility index (Phi) is 13.0. The van der Waals surface area contributed by atoms with Crippen molar-refractivity contribution >= 4 is 51.1 Å².